The molecule has 1 atom stereocenters. The van der Waals surface area contributed by atoms with E-state index in [2.05, 4.69) is 15.9 Å². The predicted molar refractivity (Wildman–Crippen MR) is 60.9 cm³/mol. The number of halogens is 1. The highest BCUT2D eigenvalue weighted by atomic mass is 79.9. The van der Waals surface area contributed by atoms with Gasteiger partial charge in [0.25, 0.3) is 0 Å². The van der Waals surface area contributed by atoms with Crippen LogP contribution in [0, 0.1) is 0 Å². The highest BCUT2D eigenvalue weighted by Gasteiger charge is 2.12. The molecule has 1 unspecified atom stereocenters. The molecule has 1 aromatic carbocycles. The minimum Gasteiger partial charge on any atom is -0.481 e. The molecule has 82 valence electrons. The van der Waals surface area contributed by atoms with Gasteiger partial charge < -0.3 is 9.84 Å². The molecular weight excluding hydrogens is 260 g/mol. The maximum atomic E-state index is 10.5. The van der Waals surface area contributed by atoms with Crippen molar-refractivity contribution in [2.45, 2.75) is 18.9 Å². The normalized spacial score (nSPS) is 12.4. The van der Waals surface area contributed by atoms with Crippen molar-refractivity contribution in [3.05, 3.63) is 34.3 Å². The Kier molecular flexibility index (Phi) is 4.78. The van der Waals surface area contributed by atoms with E-state index in [0.29, 0.717) is 6.42 Å². The molecule has 3 nitrogen and oxygen atoms in total. The Morgan fingerprint density at radius 1 is 1.60 bits per heavy atom. The molecular formula is C11H13BrO3. The van der Waals surface area contributed by atoms with E-state index in [9.17, 15) is 4.79 Å². The summed E-state index contributed by atoms with van der Waals surface area (Å²) < 4.78 is 6.10. The van der Waals surface area contributed by atoms with E-state index in [1.54, 1.807) is 0 Å². The van der Waals surface area contributed by atoms with Crippen LogP contribution in [0.5, 0.6) is 0 Å². The second-order valence-corrected chi connectivity index (χ2v) is 4.21. The van der Waals surface area contributed by atoms with Crippen LogP contribution in [0.15, 0.2) is 28.7 Å². The first-order valence-corrected chi connectivity index (χ1v) is 5.40. The molecule has 4 heteroatoms. The second kappa shape index (κ2) is 5.88. The van der Waals surface area contributed by atoms with Crippen LogP contribution in [0.1, 0.15) is 12.0 Å². The Hall–Kier alpha value is -0.870. The van der Waals surface area contributed by atoms with Crippen molar-refractivity contribution < 1.29 is 14.6 Å². The van der Waals surface area contributed by atoms with Crippen LogP contribution in [0.3, 0.4) is 0 Å². The van der Waals surface area contributed by atoms with Gasteiger partial charge in [-0.05, 0) is 24.1 Å². The van der Waals surface area contributed by atoms with Gasteiger partial charge in [0.2, 0.25) is 0 Å². The first-order chi connectivity index (χ1) is 7.11. The van der Waals surface area contributed by atoms with Crippen molar-refractivity contribution >= 4 is 21.9 Å². The maximum Gasteiger partial charge on any atom is 0.305 e. The second-order valence-electron chi connectivity index (χ2n) is 3.29. The molecule has 0 bridgehead atoms. The summed E-state index contributed by atoms with van der Waals surface area (Å²) in [7, 11) is 1.53. The van der Waals surface area contributed by atoms with Crippen molar-refractivity contribution in [3.8, 4) is 0 Å². The van der Waals surface area contributed by atoms with E-state index in [0.717, 1.165) is 10.0 Å². The molecule has 1 N–H and O–H groups in total. The standard InChI is InChI=1S/C11H13BrO3/c1-15-10(7-11(13)14)6-8-3-2-4-9(12)5-8/h2-5,10H,6-7H2,1H3,(H,13,14). The van der Waals surface area contributed by atoms with E-state index >= 15 is 0 Å². The number of hydrogen-bond acceptors (Lipinski definition) is 2. The average Bonchev–Trinajstić information content (AvgIpc) is 2.16. The largest absolute Gasteiger partial charge is 0.481 e. The summed E-state index contributed by atoms with van der Waals surface area (Å²) in [6.07, 6.45) is 0.377. The van der Waals surface area contributed by atoms with Crippen LogP contribution in [0.2, 0.25) is 0 Å². The fourth-order valence-electron chi connectivity index (χ4n) is 1.36. The van der Waals surface area contributed by atoms with E-state index in [4.69, 9.17) is 9.84 Å². The minimum atomic E-state index is -0.836. The fourth-order valence-corrected chi connectivity index (χ4v) is 1.81. The zero-order valence-corrected chi connectivity index (χ0v) is 10.0. The number of carboxylic acids is 1. The van der Waals surface area contributed by atoms with E-state index in [-0.39, 0.29) is 12.5 Å². The van der Waals surface area contributed by atoms with Crippen molar-refractivity contribution in [1.29, 1.82) is 0 Å². The monoisotopic (exact) mass is 272 g/mol. The minimum absolute atomic E-state index is 0.0308. The van der Waals surface area contributed by atoms with E-state index in [1.807, 2.05) is 24.3 Å². The lowest BCUT2D eigenvalue weighted by Gasteiger charge is -2.12. The van der Waals surface area contributed by atoms with Gasteiger partial charge in [0, 0.05) is 11.6 Å². The maximum absolute atomic E-state index is 10.5. The summed E-state index contributed by atoms with van der Waals surface area (Å²) in [4.78, 5) is 10.5. The fraction of sp³-hybridized carbons (Fsp3) is 0.364. The predicted octanol–water partition coefficient (Wildman–Crippen LogP) is 2.48. The summed E-state index contributed by atoms with van der Waals surface area (Å²) >= 11 is 3.37. The molecule has 0 heterocycles. The van der Waals surface area contributed by atoms with Gasteiger partial charge >= 0.3 is 5.97 Å². The first kappa shape index (κ1) is 12.2. The summed E-state index contributed by atoms with van der Waals surface area (Å²) in [6.45, 7) is 0. The average molecular weight is 273 g/mol. The van der Waals surface area contributed by atoms with Crippen LogP contribution >= 0.6 is 15.9 Å². The molecule has 0 spiro atoms. The number of carbonyl (C=O) groups is 1. The lowest BCUT2D eigenvalue weighted by molar-refractivity contribution is -0.139. The Labute approximate surface area is 97.2 Å². The van der Waals surface area contributed by atoms with Gasteiger partial charge in [-0.25, -0.2) is 0 Å². The molecule has 0 radical (unpaired) electrons. The molecule has 1 aromatic rings. The quantitative estimate of drug-likeness (QED) is 0.896. The number of rotatable bonds is 5. The van der Waals surface area contributed by atoms with Crippen molar-refractivity contribution in [3.63, 3.8) is 0 Å². The molecule has 0 aliphatic rings. The number of ether oxygens (including phenoxy) is 1. The van der Waals surface area contributed by atoms with Crippen molar-refractivity contribution in [2.75, 3.05) is 7.11 Å². The summed E-state index contributed by atoms with van der Waals surface area (Å²) in [6, 6.07) is 7.78. The lowest BCUT2D eigenvalue weighted by Crippen LogP contribution is -2.18. The Morgan fingerprint density at radius 3 is 2.87 bits per heavy atom. The molecule has 0 saturated carbocycles. The molecule has 0 saturated heterocycles. The highest BCUT2D eigenvalue weighted by Crippen LogP contribution is 2.14. The van der Waals surface area contributed by atoms with Gasteiger partial charge in [-0.2, -0.15) is 0 Å². The SMILES string of the molecule is COC(CC(=O)O)Cc1cccc(Br)c1. The topological polar surface area (TPSA) is 46.5 Å². The van der Waals surface area contributed by atoms with Crippen LogP contribution in [-0.2, 0) is 16.0 Å². The zero-order chi connectivity index (χ0) is 11.3. The van der Waals surface area contributed by atoms with Crippen molar-refractivity contribution in [1.82, 2.24) is 0 Å². The van der Waals surface area contributed by atoms with Crippen LogP contribution in [-0.4, -0.2) is 24.3 Å². The third-order valence-corrected chi connectivity index (χ3v) is 2.58. The molecule has 1 rings (SSSR count). The van der Waals surface area contributed by atoms with Crippen LogP contribution < -0.4 is 0 Å². The third kappa shape index (κ3) is 4.44. The smallest absolute Gasteiger partial charge is 0.305 e. The number of aliphatic carboxylic acids is 1. The summed E-state index contributed by atoms with van der Waals surface area (Å²) in [5.41, 5.74) is 1.07. The van der Waals surface area contributed by atoms with Gasteiger partial charge in [-0.15, -0.1) is 0 Å². The van der Waals surface area contributed by atoms with Crippen LogP contribution in [0.4, 0.5) is 0 Å². The zero-order valence-electron chi connectivity index (χ0n) is 8.44. The number of hydrogen-bond donors (Lipinski definition) is 1. The summed E-state index contributed by atoms with van der Waals surface area (Å²) in [5.74, 6) is -0.836. The first-order valence-electron chi connectivity index (χ1n) is 4.61. The van der Waals surface area contributed by atoms with Gasteiger partial charge in [-0.1, -0.05) is 28.1 Å². The van der Waals surface area contributed by atoms with E-state index in [1.165, 1.54) is 7.11 Å². The van der Waals surface area contributed by atoms with Gasteiger partial charge in [-0.3, -0.25) is 4.79 Å². The highest BCUT2D eigenvalue weighted by molar-refractivity contribution is 9.10. The molecule has 0 aliphatic heterocycles. The lowest BCUT2D eigenvalue weighted by atomic mass is 10.1. The number of benzene rings is 1. The van der Waals surface area contributed by atoms with Crippen LogP contribution in [0.25, 0.3) is 0 Å². The molecule has 0 aromatic heterocycles. The molecule has 0 amide bonds. The number of methoxy groups -OCH3 is 1. The summed E-state index contributed by atoms with van der Waals surface area (Å²) in [5, 5.41) is 8.66. The molecule has 0 aliphatic carbocycles. The third-order valence-electron chi connectivity index (χ3n) is 2.09. The molecule has 15 heavy (non-hydrogen) atoms. The molecule has 0 fully saturated rings. The van der Waals surface area contributed by atoms with Gasteiger partial charge in [0.15, 0.2) is 0 Å². The Morgan fingerprint density at radius 2 is 2.33 bits per heavy atom. The van der Waals surface area contributed by atoms with Gasteiger partial charge in [0.05, 0.1) is 12.5 Å². The van der Waals surface area contributed by atoms with E-state index < -0.39 is 5.97 Å². The Balaban J connectivity index is 2.62. The Bertz CT molecular complexity index is 338. The van der Waals surface area contributed by atoms with Gasteiger partial charge in [0.1, 0.15) is 0 Å². The number of carboxylic acid groups (broad SMARTS) is 1. The van der Waals surface area contributed by atoms with Crippen molar-refractivity contribution in [2.24, 2.45) is 0 Å².